The Morgan fingerprint density at radius 3 is 2.60 bits per heavy atom. The van der Waals surface area contributed by atoms with Crippen molar-refractivity contribution in [2.75, 3.05) is 20.2 Å². The van der Waals surface area contributed by atoms with Crippen LogP contribution in [0.5, 0.6) is 5.75 Å². The molecule has 5 nitrogen and oxygen atoms in total. The zero-order valence-electron chi connectivity index (χ0n) is 12.5. The molecule has 0 aliphatic rings. The molecule has 0 radical (unpaired) electrons. The largest absolute Gasteiger partial charge is 0.493 e. The zero-order valence-corrected chi connectivity index (χ0v) is 12.5. The molecule has 0 bridgehead atoms. The molecule has 1 amide bonds. The van der Waals surface area contributed by atoms with Crippen molar-refractivity contribution < 1.29 is 9.53 Å². The van der Waals surface area contributed by atoms with Crippen LogP contribution in [0.15, 0.2) is 18.3 Å². The third-order valence-corrected chi connectivity index (χ3v) is 3.49. The second-order valence-electron chi connectivity index (χ2n) is 4.51. The Morgan fingerprint density at radius 2 is 2.05 bits per heavy atom. The first-order chi connectivity index (χ1) is 9.67. The Balaban J connectivity index is 2.65. The first-order valence-electron chi connectivity index (χ1n) is 7.01. The average molecular weight is 275 g/mol. The van der Waals surface area contributed by atoms with Gasteiger partial charge < -0.3 is 9.64 Å². The Kier molecular flexibility index (Phi) is 4.27. The highest BCUT2D eigenvalue weighted by Gasteiger charge is 2.23. The quantitative estimate of drug-likeness (QED) is 0.841. The molecule has 0 aliphatic heterocycles. The lowest BCUT2D eigenvalue weighted by Crippen LogP contribution is -2.32. The molecule has 108 valence electrons. The highest BCUT2D eigenvalue weighted by Crippen LogP contribution is 2.23. The number of nitrogens with zero attached hydrogens (tertiary/aromatic N) is 3. The number of carbonyl (C=O) groups is 1. The summed E-state index contributed by atoms with van der Waals surface area (Å²) in [5, 5.41) is 0. The van der Waals surface area contributed by atoms with Gasteiger partial charge in [0.15, 0.2) is 11.4 Å². The van der Waals surface area contributed by atoms with Crippen molar-refractivity contribution >= 4 is 11.6 Å². The lowest BCUT2D eigenvalue weighted by molar-refractivity contribution is 0.0765. The molecule has 0 fully saturated rings. The number of aromatic nitrogens is 2. The molecule has 0 aromatic carbocycles. The summed E-state index contributed by atoms with van der Waals surface area (Å²) in [7, 11) is 1.61. The Hall–Kier alpha value is -2.04. The fourth-order valence-corrected chi connectivity index (χ4v) is 2.38. The first-order valence-corrected chi connectivity index (χ1v) is 7.01. The van der Waals surface area contributed by atoms with Crippen molar-refractivity contribution in [2.24, 2.45) is 0 Å². The van der Waals surface area contributed by atoms with Crippen LogP contribution in [0.25, 0.3) is 5.65 Å². The molecule has 2 heterocycles. The molecule has 0 atom stereocenters. The third kappa shape index (κ3) is 2.24. The minimum atomic E-state index is 0.0209. The van der Waals surface area contributed by atoms with Crippen LogP contribution < -0.4 is 4.74 Å². The summed E-state index contributed by atoms with van der Waals surface area (Å²) < 4.78 is 7.16. The summed E-state index contributed by atoms with van der Waals surface area (Å²) in [5.41, 5.74) is 2.15. The molecular weight excluding hydrogens is 254 g/mol. The molecule has 2 rings (SSSR count). The van der Waals surface area contributed by atoms with Gasteiger partial charge in [0, 0.05) is 19.3 Å². The number of amides is 1. The van der Waals surface area contributed by atoms with Gasteiger partial charge in [-0.25, -0.2) is 4.98 Å². The SMILES string of the molecule is CCc1nc2c(OC)cccn2c1C(=O)N(CC)CC. The van der Waals surface area contributed by atoms with Gasteiger partial charge in [0.2, 0.25) is 0 Å². The number of hydrogen-bond donors (Lipinski definition) is 0. The van der Waals surface area contributed by atoms with E-state index in [0.29, 0.717) is 36.6 Å². The van der Waals surface area contributed by atoms with Gasteiger partial charge in [0.05, 0.1) is 12.8 Å². The number of pyridine rings is 1. The van der Waals surface area contributed by atoms with Gasteiger partial charge in [-0.2, -0.15) is 0 Å². The van der Waals surface area contributed by atoms with Gasteiger partial charge in [-0.3, -0.25) is 9.20 Å². The fraction of sp³-hybridized carbons (Fsp3) is 0.467. The van der Waals surface area contributed by atoms with Crippen LogP contribution in [0.1, 0.15) is 37.0 Å². The molecule has 20 heavy (non-hydrogen) atoms. The van der Waals surface area contributed by atoms with E-state index in [-0.39, 0.29) is 5.91 Å². The summed E-state index contributed by atoms with van der Waals surface area (Å²) >= 11 is 0. The summed E-state index contributed by atoms with van der Waals surface area (Å²) in [6, 6.07) is 3.72. The number of imidazole rings is 1. The van der Waals surface area contributed by atoms with Crippen LogP contribution in [0.2, 0.25) is 0 Å². The van der Waals surface area contributed by atoms with E-state index in [4.69, 9.17) is 4.74 Å². The summed E-state index contributed by atoms with van der Waals surface area (Å²) in [5.74, 6) is 0.702. The van der Waals surface area contributed by atoms with Gasteiger partial charge in [0.25, 0.3) is 5.91 Å². The number of carbonyl (C=O) groups excluding carboxylic acids is 1. The Labute approximate surface area is 119 Å². The smallest absolute Gasteiger partial charge is 0.272 e. The van der Waals surface area contributed by atoms with E-state index < -0.39 is 0 Å². The molecule has 0 unspecified atom stereocenters. The lowest BCUT2D eigenvalue weighted by Gasteiger charge is -2.18. The minimum Gasteiger partial charge on any atom is -0.493 e. The van der Waals surface area contributed by atoms with E-state index in [1.54, 1.807) is 7.11 Å². The average Bonchev–Trinajstić information content (AvgIpc) is 2.86. The molecule has 0 aliphatic carbocycles. The number of fused-ring (bicyclic) bond motifs is 1. The van der Waals surface area contributed by atoms with Crippen LogP contribution in [-0.2, 0) is 6.42 Å². The van der Waals surface area contributed by atoms with E-state index in [9.17, 15) is 4.79 Å². The highest BCUT2D eigenvalue weighted by molar-refractivity contribution is 5.95. The van der Waals surface area contributed by atoms with E-state index in [2.05, 4.69) is 4.98 Å². The van der Waals surface area contributed by atoms with Crippen LogP contribution in [0.3, 0.4) is 0 Å². The first kappa shape index (κ1) is 14.4. The van der Waals surface area contributed by atoms with Crippen LogP contribution in [-0.4, -0.2) is 40.4 Å². The Bertz CT molecular complexity index is 615. The predicted octanol–water partition coefficient (Wildman–Crippen LogP) is 2.39. The molecule has 0 saturated carbocycles. The lowest BCUT2D eigenvalue weighted by atomic mass is 10.2. The maximum atomic E-state index is 12.7. The normalized spacial score (nSPS) is 10.8. The van der Waals surface area contributed by atoms with Gasteiger partial charge in [-0.05, 0) is 32.4 Å². The Morgan fingerprint density at radius 1 is 1.35 bits per heavy atom. The number of ether oxygens (including phenoxy) is 1. The minimum absolute atomic E-state index is 0.0209. The van der Waals surface area contributed by atoms with Crippen molar-refractivity contribution in [3.8, 4) is 5.75 Å². The van der Waals surface area contributed by atoms with Crippen molar-refractivity contribution in [2.45, 2.75) is 27.2 Å². The highest BCUT2D eigenvalue weighted by atomic mass is 16.5. The predicted molar refractivity (Wildman–Crippen MR) is 78.4 cm³/mol. The number of aryl methyl sites for hydroxylation is 1. The molecule has 2 aromatic heterocycles. The molecule has 5 heteroatoms. The van der Waals surface area contributed by atoms with E-state index in [1.807, 2.05) is 48.4 Å². The van der Waals surface area contributed by atoms with Gasteiger partial charge >= 0.3 is 0 Å². The van der Waals surface area contributed by atoms with Crippen LogP contribution in [0, 0.1) is 0 Å². The van der Waals surface area contributed by atoms with Crippen LogP contribution >= 0.6 is 0 Å². The molecule has 0 saturated heterocycles. The van der Waals surface area contributed by atoms with E-state index >= 15 is 0 Å². The molecular formula is C15H21N3O2. The monoisotopic (exact) mass is 275 g/mol. The second kappa shape index (κ2) is 5.94. The fourth-order valence-electron chi connectivity index (χ4n) is 2.38. The van der Waals surface area contributed by atoms with E-state index in [1.165, 1.54) is 0 Å². The van der Waals surface area contributed by atoms with Crippen molar-refractivity contribution in [3.63, 3.8) is 0 Å². The van der Waals surface area contributed by atoms with Gasteiger partial charge in [0.1, 0.15) is 5.69 Å². The van der Waals surface area contributed by atoms with E-state index in [0.717, 1.165) is 5.69 Å². The topological polar surface area (TPSA) is 46.8 Å². The van der Waals surface area contributed by atoms with Gasteiger partial charge in [-0.15, -0.1) is 0 Å². The van der Waals surface area contributed by atoms with Crippen molar-refractivity contribution in [1.29, 1.82) is 0 Å². The number of hydrogen-bond acceptors (Lipinski definition) is 3. The maximum Gasteiger partial charge on any atom is 0.272 e. The summed E-state index contributed by atoms with van der Waals surface area (Å²) in [6.07, 6.45) is 2.58. The molecule has 0 N–H and O–H groups in total. The third-order valence-electron chi connectivity index (χ3n) is 3.49. The zero-order chi connectivity index (χ0) is 14.7. The maximum absolute atomic E-state index is 12.7. The summed E-state index contributed by atoms with van der Waals surface area (Å²) in [4.78, 5) is 19.1. The van der Waals surface area contributed by atoms with Crippen molar-refractivity contribution in [3.05, 3.63) is 29.7 Å². The molecule has 2 aromatic rings. The molecule has 0 spiro atoms. The second-order valence-corrected chi connectivity index (χ2v) is 4.51. The number of rotatable bonds is 5. The van der Waals surface area contributed by atoms with Crippen LogP contribution in [0.4, 0.5) is 0 Å². The summed E-state index contributed by atoms with van der Waals surface area (Å²) in [6.45, 7) is 7.35. The van der Waals surface area contributed by atoms with Crippen molar-refractivity contribution in [1.82, 2.24) is 14.3 Å². The standard InChI is InChI=1S/C15H21N3O2/c1-5-11-13(15(19)17(6-2)7-3)18-10-8-9-12(20-4)14(18)16-11/h8-10H,5-7H2,1-4H3. The number of methoxy groups -OCH3 is 1. The van der Waals surface area contributed by atoms with Gasteiger partial charge in [-0.1, -0.05) is 6.92 Å².